The third-order valence-electron chi connectivity index (χ3n) is 7.15. The van der Waals surface area contributed by atoms with Gasteiger partial charge in [0.05, 0.1) is 0 Å². The SMILES string of the molecule is C=C(S/C=C(\C)C1=CC(C(=C)C(C)C(C)CC)=C(C)C1/C(C)=C/C=C\C)c1ccccc1C. The van der Waals surface area contributed by atoms with E-state index in [2.05, 4.69) is 123 Å². The van der Waals surface area contributed by atoms with Crippen LogP contribution in [0.1, 0.15) is 66.0 Å². The molecule has 0 heterocycles. The lowest BCUT2D eigenvalue weighted by Gasteiger charge is -2.23. The average molecular weight is 459 g/mol. The van der Waals surface area contributed by atoms with Crippen molar-refractivity contribution in [2.75, 3.05) is 0 Å². The van der Waals surface area contributed by atoms with E-state index in [-0.39, 0.29) is 0 Å². The highest BCUT2D eigenvalue weighted by Gasteiger charge is 2.30. The summed E-state index contributed by atoms with van der Waals surface area (Å²) in [6.45, 7) is 26.8. The van der Waals surface area contributed by atoms with Crippen molar-refractivity contribution in [1.82, 2.24) is 0 Å². The number of aryl methyl sites for hydroxylation is 1. The number of rotatable bonds is 10. The first-order valence-electron chi connectivity index (χ1n) is 12.1. The fourth-order valence-corrected chi connectivity index (χ4v) is 5.29. The van der Waals surface area contributed by atoms with Gasteiger partial charge in [-0.2, -0.15) is 0 Å². The van der Waals surface area contributed by atoms with E-state index < -0.39 is 0 Å². The first kappa shape index (κ1) is 27.0. The predicted molar refractivity (Wildman–Crippen MR) is 152 cm³/mol. The third-order valence-corrected chi connectivity index (χ3v) is 8.12. The molecule has 0 radical (unpaired) electrons. The van der Waals surface area contributed by atoms with E-state index in [1.54, 1.807) is 11.8 Å². The minimum atomic E-state index is 0.292. The lowest BCUT2D eigenvalue weighted by atomic mass is 9.82. The molecule has 0 saturated heterocycles. The Morgan fingerprint density at radius 1 is 1.12 bits per heavy atom. The summed E-state index contributed by atoms with van der Waals surface area (Å²) < 4.78 is 0. The van der Waals surface area contributed by atoms with Gasteiger partial charge in [-0.05, 0) is 85.3 Å². The Hall–Kier alpha value is -2.25. The maximum Gasteiger partial charge on any atom is 0.0267 e. The van der Waals surface area contributed by atoms with Crippen molar-refractivity contribution in [2.24, 2.45) is 17.8 Å². The topological polar surface area (TPSA) is 0 Å². The molecule has 1 aromatic carbocycles. The molecule has 0 amide bonds. The smallest absolute Gasteiger partial charge is 0.0267 e. The molecule has 1 heteroatoms. The number of thioether (sulfide) groups is 1. The normalized spacial score (nSPS) is 19.2. The number of hydrogen-bond donors (Lipinski definition) is 0. The molecule has 3 unspecified atom stereocenters. The van der Waals surface area contributed by atoms with Gasteiger partial charge in [-0.25, -0.2) is 0 Å². The van der Waals surface area contributed by atoms with Gasteiger partial charge in [0, 0.05) is 10.8 Å². The van der Waals surface area contributed by atoms with E-state index in [0.29, 0.717) is 17.8 Å². The molecule has 0 saturated carbocycles. The summed E-state index contributed by atoms with van der Waals surface area (Å²) in [5.41, 5.74) is 10.6. The van der Waals surface area contributed by atoms with Crippen LogP contribution in [-0.4, -0.2) is 0 Å². The molecular formula is C32H42S. The predicted octanol–water partition coefficient (Wildman–Crippen LogP) is 10.2. The number of benzene rings is 1. The summed E-state index contributed by atoms with van der Waals surface area (Å²) in [7, 11) is 0. The van der Waals surface area contributed by atoms with Crippen LogP contribution in [0, 0.1) is 24.7 Å². The van der Waals surface area contributed by atoms with Crippen LogP contribution >= 0.6 is 11.8 Å². The summed E-state index contributed by atoms with van der Waals surface area (Å²) in [5, 5.41) is 2.27. The molecule has 0 fully saturated rings. The van der Waals surface area contributed by atoms with Crippen LogP contribution in [0.25, 0.3) is 4.91 Å². The molecule has 0 aromatic heterocycles. The fourth-order valence-electron chi connectivity index (χ4n) is 4.48. The second-order valence-corrected chi connectivity index (χ2v) is 10.4. The molecule has 1 aromatic rings. The summed E-state index contributed by atoms with van der Waals surface area (Å²) in [4.78, 5) is 1.09. The summed E-state index contributed by atoms with van der Waals surface area (Å²) in [5.74, 6) is 1.38. The first-order chi connectivity index (χ1) is 15.6. The zero-order valence-electron chi connectivity index (χ0n) is 22.0. The van der Waals surface area contributed by atoms with Gasteiger partial charge in [0.25, 0.3) is 0 Å². The first-order valence-corrected chi connectivity index (χ1v) is 13.0. The highest BCUT2D eigenvalue weighted by molar-refractivity contribution is 8.10. The van der Waals surface area contributed by atoms with E-state index in [4.69, 9.17) is 0 Å². The Labute approximate surface area is 207 Å². The van der Waals surface area contributed by atoms with Crippen molar-refractivity contribution in [2.45, 2.75) is 61.8 Å². The van der Waals surface area contributed by atoms with Crippen LogP contribution in [0.3, 0.4) is 0 Å². The van der Waals surface area contributed by atoms with Crippen molar-refractivity contribution in [3.05, 3.63) is 112 Å². The van der Waals surface area contributed by atoms with Crippen molar-refractivity contribution in [3.63, 3.8) is 0 Å². The van der Waals surface area contributed by atoms with Gasteiger partial charge in [0.2, 0.25) is 0 Å². The Morgan fingerprint density at radius 2 is 1.79 bits per heavy atom. The van der Waals surface area contributed by atoms with Crippen LogP contribution in [0.15, 0.2) is 101 Å². The van der Waals surface area contributed by atoms with Crippen LogP contribution in [0.2, 0.25) is 0 Å². The molecule has 33 heavy (non-hydrogen) atoms. The molecule has 1 aliphatic carbocycles. The molecular weight excluding hydrogens is 416 g/mol. The maximum absolute atomic E-state index is 4.55. The van der Waals surface area contributed by atoms with Crippen LogP contribution in [-0.2, 0) is 0 Å². The molecule has 2 rings (SSSR count). The molecule has 0 nitrogen and oxygen atoms in total. The summed E-state index contributed by atoms with van der Waals surface area (Å²) in [6, 6.07) is 8.46. The Morgan fingerprint density at radius 3 is 2.39 bits per heavy atom. The van der Waals surface area contributed by atoms with Gasteiger partial charge in [-0.3, -0.25) is 0 Å². The lowest BCUT2D eigenvalue weighted by molar-refractivity contribution is 0.432. The second kappa shape index (κ2) is 12.3. The maximum atomic E-state index is 4.55. The quantitative estimate of drug-likeness (QED) is 0.314. The Bertz CT molecular complexity index is 1040. The van der Waals surface area contributed by atoms with E-state index in [0.717, 1.165) is 4.91 Å². The number of hydrogen-bond acceptors (Lipinski definition) is 1. The molecule has 1 aliphatic rings. The fraction of sp³-hybridized carbons (Fsp3) is 0.375. The second-order valence-electron chi connectivity index (χ2n) is 9.42. The van der Waals surface area contributed by atoms with Gasteiger partial charge in [0.1, 0.15) is 0 Å². The van der Waals surface area contributed by atoms with E-state index in [9.17, 15) is 0 Å². The van der Waals surface area contributed by atoms with Crippen LogP contribution in [0.5, 0.6) is 0 Å². The van der Waals surface area contributed by atoms with Crippen LogP contribution in [0.4, 0.5) is 0 Å². The zero-order chi connectivity index (χ0) is 24.7. The van der Waals surface area contributed by atoms with Crippen LogP contribution < -0.4 is 0 Å². The van der Waals surface area contributed by atoms with Crippen molar-refractivity contribution < 1.29 is 0 Å². The minimum Gasteiger partial charge on any atom is -0.0978 e. The van der Waals surface area contributed by atoms with Gasteiger partial charge in [0.15, 0.2) is 0 Å². The molecule has 0 bridgehead atoms. The van der Waals surface area contributed by atoms with Gasteiger partial charge < -0.3 is 0 Å². The largest absolute Gasteiger partial charge is 0.0978 e. The Kier molecular flexibility index (Phi) is 10.0. The molecule has 176 valence electrons. The monoisotopic (exact) mass is 458 g/mol. The van der Waals surface area contributed by atoms with Gasteiger partial charge in [-0.15, -0.1) is 0 Å². The Balaban J connectivity index is 2.42. The highest BCUT2D eigenvalue weighted by atomic mass is 32.2. The van der Waals surface area contributed by atoms with Crippen molar-refractivity contribution >= 4 is 16.7 Å². The molecule has 0 spiro atoms. The molecule has 3 atom stereocenters. The average Bonchev–Trinajstić information content (AvgIpc) is 3.16. The summed E-state index contributed by atoms with van der Waals surface area (Å²) in [6.07, 6.45) is 10.1. The van der Waals surface area contributed by atoms with E-state index >= 15 is 0 Å². The standard InChI is InChI=1S/C32H42S/c1-11-13-16-23(5)32-27(9)31(26(8)25(7)21(3)12-2)19-30(32)24(6)20-33-28(10)29-18-15-14-17-22(29)4/h11,13-21,25,32H,8,10,12H2,1-7,9H3/b13-11-,23-16+,24-20+. The number of allylic oxidation sites excluding steroid dienone is 10. The van der Waals surface area contributed by atoms with Gasteiger partial charge >= 0.3 is 0 Å². The highest BCUT2D eigenvalue weighted by Crippen LogP contribution is 2.45. The lowest BCUT2D eigenvalue weighted by Crippen LogP contribution is -2.11. The van der Waals surface area contributed by atoms with E-state index in [1.807, 2.05) is 0 Å². The minimum absolute atomic E-state index is 0.292. The van der Waals surface area contributed by atoms with Crippen molar-refractivity contribution in [3.8, 4) is 0 Å². The summed E-state index contributed by atoms with van der Waals surface area (Å²) >= 11 is 1.72. The zero-order valence-corrected chi connectivity index (χ0v) is 22.8. The van der Waals surface area contributed by atoms with E-state index in [1.165, 1.54) is 51.0 Å². The molecule has 0 aliphatic heterocycles. The van der Waals surface area contributed by atoms with Crippen molar-refractivity contribution in [1.29, 1.82) is 0 Å². The molecule has 0 N–H and O–H groups in total. The van der Waals surface area contributed by atoms with Gasteiger partial charge in [-0.1, -0.05) is 112 Å². The third kappa shape index (κ3) is 6.42.